The first-order valence-electron chi connectivity index (χ1n) is 9.48. The van der Waals surface area contributed by atoms with Crippen molar-refractivity contribution in [2.24, 2.45) is 0 Å². The van der Waals surface area contributed by atoms with Gasteiger partial charge in [0.15, 0.2) is 0 Å². The number of hydrogen-bond donors (Lipinski definition) is 1. The number of nitrogens with one attached hydrogen (secondary N) is 1. The lowest BCUT2D eigenvalue weighted by Crippen LogP contribution is -2.32. The number of ether oxygens (including phenoxy) is 1. The third-order valence-electron chi connectivity index (χ3n) is 4.50. The summed E-state index contributed by atoms with van der Waals surface area (Å²) in [5.74, 6) is -0.761. The van der Waals surface area contributed by atoms with Crippen molar-refractivity contribution in [1.82, 2.24) is 9.62 Å². The number of benzene rings is 2. The van der Waals surface area contributed by atoms with Crippen LogP contribution in [0.15, 0.2) is 41.3 Å². The fourth-order valence-electron chi connectivity index (χ4n) is 2.93. The first-order chi connectivity index (χ1) is 13.7. The van der Waals surface area contributed by atoms with Crippen LogP contribution in [0.2, 0.25) is 0 Å². The fourth-order valence-corrected chi connectivity index (χ4v) is 4.42. The first-order valence-corrected chi connectivity index (χ1v) is 10.9. The predicted octanol–water partition coefficient (Wildman–Crippen LogP) is 3.28. The quantitative estimate of drug-likeness (QED) is 0.630. The molecular formula is C21H27FN2O4S. The Hall–Kier alpha value is -2.45. The van der Waals surface area contributed by atoms with E-state index in [2.05, 4.69) is 5.32 Å². The SMILES string of the molecule is CCN(CC)S(=O)(=O)c1ccc(F)c(C(=O)NCCOc2ccc(C)cc2C)c1. The molecule has 0 fully saturated rings. The monoisotopic (exact) mass is 422 g/mol. The molecule has 0 unspecified atom stereocenters. The summed E-state index contributed by atoms with van der Waals surface area (Å²) in [5, 5.41) is 2.56. The number of amides is 1. The molecule has 0 heterocycles. The maximum absolute atomic E-state index is 14.1. The lowest BCUT2D eigenvalue weighted by molar-refractivity contribution is 0.0942. The van der Waals surface area contributed by atoms with Crippen molar-refractivity contribution in [3.63, 3.8) is 0 Å². The van der Waals surface area contributed by atoms with E-state index >= 15 is 0 Å². The average Bonchev–Trinajstić information content (AvgIpc) is 2.67. The highest BCUT2D eigenvalue weighted by molar-refractivity contribution is 7.89. The van der Waals surface area contributed by atoms with E-state index < -0.39 is 21.7 Å². The number of rotatable bonds is 9. The zero-order chi connectivity index (χ0) is 21.6. The molecule has 0 aliphatic heterocycles. The topological polar surface area (TPSA) is 75.7 Å². The van der Waals surface area contributed by atoms with Gasteiger partial charge in [-0.1, -0.05) is 31.5 Å². The Morgan fingerprint density at radius 1 is 1.10 bits per heavy atom. The van der Waals surface area contributed by atoms with Gasteiger partial charge in [-0.15, -0.1) is 0 Å². The van der Waals surface area contributed by atoms with Crippen molar-refractivity contribution in [3.8, 4) is 5.75 Å². The molecular weight excluding hydrogens is 395 g/mol. The molecule has 8 heteroatoms. The lowest BCUT2D eigenvalue weighted by Gasteiger charge is -2.19. The van der Waals surface area contributed by atoms with Crippen LogP contribution in [0.5, 0.6) is 5.75 Å². The molecule has 0 atom stereocenters. The zero-order valence-electron chi connectivity index (χ0n) is 17.2. The fraction of sp³-hybridized carbons (Fsp3) is 0.381. The minimum atomic E-state index is -3.78. The molecule has 0 spiro atoms. The Kier molecular flexibility index (Phi) is 7.75. The van der Waals surface area contributed by atoms with Gasteiger partial charge in [-0.05, 0) is 43.7 Å². The number of hydrogen-bond acceptors (Lipinski definition) is 4. The summed E-state index contributed by atoms with van der Waals surface area (Å²) in [6.45, 7) is 8.27. The molecule has 1 amide bonds. The van der Waals surface area contributed by atoms with Crippen molar-refractivity contribution < 1.29 is 22.3 Å². The van der Waals surface area contributed by atoms with Crippen LogP contribution in [0.4, 0.5) is 4.39 Å². The van der Waals surface area contributed by atoms with E-state index in [1.165, 1.54) is 10.4 Å². The molecule has 2 aromatic carbocycles. The van der Waals surface area contributed by atoms with E-state index in [9.17, 15) is 17.6 Å². The van der Waals surface area contributed by atoms with Crippen LogP contribution < -0.4 is 10.1 Å². The molecule has 0 aliphatic rings. The molecule has 0 aromatic heterocycles. The van der Waals surface area contributed by atoms with Crippen molar-refractivity contribution in [1.29, 1.82) is 0 Å². The molecule has 29 heavy (non-hydrogen) atoms. The van der Waals surface area contributed by atoms with Crippen molar-refractivity contribution >= 4 is 15.9 Å². The predicted molar refractivity (Wildman–Crippen MR) is 110 cm³/mol. The molecule has 2 rings (SSSR count). The van der Waals surface area contributed by atoms with E-state index in [-0.39, 0.29) is 36.7 Å². The number of aryl methyl sites for hydroxylation is 2. The van der Waals surface area contributed by atoms with Gasteiger partial charge in [0.2, 0.25) is 10.0 Å². The highest BCUT2D eigenvalue weighted by Gasteiger charge is 2.24. The maximum Gasteiger partial charge on any atom is 0.254 e. The minimum absolute atomic E-state index is 0.112. The number of carbonyl (C=O) groups is 1. The summed E-state index contributed by atoms with van der Waals surface area (Å²) in [7, 11) is -3.78. The van der Waals surface area contributed by atoms with E-state index in [4.69, 9.17) is 4.74 Å². The summed E-state index contributed by atoms with van der Waals surface area (Å²) >= 11 is 0. The average molecular weight is 423 g/mol. The third kappa shape index (κ3) is 5.55. The van der Waals surface area contributed by atoms with Crippen LogP contribution in [-0.2, 0) is 10.0 Å². The summed E-state index contributed by atoms with van der Waals surface area (Å²) < 4.78 is 46.2. The van der Waals surface area contributed by atoms with Crippen molar-refractivity contribution in [3.05, 3.63) is 58.9 Å². The second-order valence-corrected chi connectivity index (χ2v) is 8.54. The van der Waals surface area contributed by atoms with Gasteiger partial charge in [-0.3, -0.25) is 4.79 Å². The maximum atomic E-state index is 14.1. The van der Waals surface area contributed by atoms with Gasteiger partial charge in [-0.25, -0.2) is 12.8 Å². The van der Waals surface area contributed by atoms with Crippen LogP contribution >= 0.6 is 0 Å². The Balaban J connectivity index is 2.05. The van der Waals surface area contributed by atoms with Crippen LogP contribution in [0, 0.1) is 19.7 Å². The first kappa shape index (κ1) is 22.8. The summed E-state index contributed by atoms with van der Waals surface area (Å²) in [5.41, 5.74) is 1.79. The van der Waals surface area contributed by atoms with Gasteiger partial charge in [0.1, 0.15) is 18.2 Å². The van der Waals surface area contributed by atoms with Gasteiger partial charge in [0.05, 0.1) is 17.0 Å². The molecule has 6 nitrogen and oxygen atoms in total. The van der Waals surface area contributed by atoms with Crippen LogP contribution in [-0.4, -0.2) is 44.9 Å². The van der Waals surface area contributed by atoms with Gasteiger partial charge >= 0.3 is 0 Å². The largest absolute Gasteiger partial charge is 0.491 e. The van der Waals surface area contributed by atoms with Crippen LogP contribution in [0.3, 0.4) is 0 Å². The number of carbonyl (C=O) groups excluding carboxylic acids is 1. The zero-order valence-corrected chi connectivity index (χ0v) is 18.0. The summed E-state index contributed by atoms with van der Waals surface area (Å²) in [4.78, 5) is 12.2. The van der Waals surface area contributed by atoms with Gasteiger partial charge in [0, 0.05) is 13.1 Å². The molecule has 1 N–H and O–H groups in total. The van der Waals surface area contributed by atoms with Crippen LogP contribution in [0.1, 0.15) is 35.3 Å². The molecule has 0 bridgehead atoms. The number of halogens is 1. The number of sulfonamides is 1. The van der Waals surface area contributed by atoms with E-state index in [0.717, 1.165) is 23.3 Å². The van der Waals surface area contributed by atoms with E-state index in [1.54, 1.807) is 13.8 Å². The Bertz CT molecular complexity index is 973. The van der Waals surface area contributed by atoms with Gasteiger partial charge < -0.3 is 10.1 Å². The molecule has 0 saturated heterocycles. The van der Waals surface area contributed by atoms with Crippen LogP contribution in [0.25, 0.3) is 0 Å². The second kappa shape index (κ2) is 9.84. The second-order valence-electron chi connectivity index (χ2n) is 6.60. The van der Waals surface area contributed by atoms with Gasteiger partial charge in [0.25, 0.3) is 5.91 Å². The van der Waals surface area contributed by atoms with E-state index in [1.807, 2.05) is 32.0 Å². The Morgan fingerprint density at radius 3 is 2.41 bits per heavy atom. The summed E-state index contributed by atoms with van der Waals surface area (Å²) in [6, 6.07) is 9.01. The standard InChI is InChI=1S/C21H27FN2O4S/c1-5-24(6-2)29(26,27)17-8-9-19(22)18(14-17)21(25)23-11-12-28-20-10-7-15(3)13-16(20)4/h7-10,13-14H,5-6,11-12H2,1-4H3,(H,23,25). The molecule has 0 radical (unpaired) electrons. The molecule has 0 aliphatic carbocycles. The Morgan fingerprint density at radius 2 is 1.79 bits per heavy atom. The molecule has 158 valence electrons. The molecule has 2 aromatic rings. The summed E-state index contributed by atoms with van der Waals surface area (Å²) in [6.07, 6.45) is 0. The Labute approximate surface area is 171 Å². The van der Waals surface area contributed by atoms with Crippen molar-refractivity contribution in [2.45, 2.75) is 32.6 Å². The lowest BCUT2D eigenvalue weighted by atomic mass is 10.1. The third-order valence-corrected chi connectivity index (χ3v) is 6.55. The minimum Gasteiger partial charge on any atom is -0.491 e. The highest BCUT2D eigenvalue weighted by Crippen LogP contribution is 2.20. The highest BCUT2D eigenvalue weighted by atomic mass is 32.2. The molecule has 0 saturated carbocycles. The normalized spacial score (nSPS) is 11.5. The van der Waals surface area contributed by atoms with Gasteiger partial charge in [-0.2, -0.15) is 4.31 Å². The van der Waals surface area contributed by atoms with Crippen molar-refractivity contribution in [2.75, 3.05) is 26.2 Å². The van der Waals surface area contributed by atoms with E-state index in [0.29, 0.717) is 5.75 Å². The smallest absolute Gasteiger partial charge is 0.254 e. The number of nitrogens with zero attached hydrogens (tertiary/aromatic N) is 1.